The van der Waals surface area contributed by atoms with Gasteiger partial charge in [-0.3, -0.25) is 0 Å². The van der Waals surface area contributed by atoms with Crippen molar-refractivity contribution in [3.63, 3.8) is 0 Å². The highest BCUT2D eigenvalue weighted by atomic mass is 16.5. The van der Waals surface area contributed by atoms with Gasteiger partial charge < -0.3 is 14.3 Å². The van der Waals surface area contributed by atoms with Crippen LogP contribution in [0.15, 0.2) is 35.2 Å². The number of fused-ring (bicyclic) bond motifs is 1. The zero-order chi connectivity index (χ0) is 19.1. The molecule has 0 N–H and O–H groups in total. The van der Waals surface area contributed by atoms with E-state index in [1.165, 1.54) is 6.33 Å². The van der Waals surface area contributed by atoms with E-state index in [0.29, 0.717) is 17.5 Å². The van der Waals surface area contributed by atoms with Crippen LogP contribution in [0.25, 0.3) is 17.2 Å². The van der Waals surface area contributed by atoms with Gasteiger partial charge in [0.2, 0.25) is 0 Å². The molecule has 0 bridgehead atoms. The van der Waals surface area contributed by atoms with E-state index < -0.39 is 0 Å². The molecule has 10 heteroatoms. The predicted octanol–water partition coefficient (Wildman–Crippen LogP) is 1.51. The first-order chi connectivity index (χ1) is 13.7. The first kappa shape index (κ1) is 16.6. The van der Waals surface area contributed by atoms with E-state index in [-0.39, 0.29) is 0 Å². The number of aromatic nitrogens is 7. The summed E-state index contributed by atoms with van der Waals surface area (Å²) in [7, 11) is 0. The second-order valence-corrected chi connectivity index (χ2v) is 6.75. The Morgan fingerprint density at radius 2 is 1.79 bits per heavy atom. The summed E-state index contributed by atoms with van der Waals surface area (Å²) in [6, 6.07) is 5.93. The first-order valence-corrected chi connectivity index (χ1v) is 9.11. The molecule has 142 valence electrons. The highest BCUT2D eigenvalue weighted by Crippen LogP contribution is 2.24. The third-order valence-corrected chi connectivity index (χ3v) is 4.81. The molecule has 1 fully saturated rings. The van der Waals surface area contributed by atoms with Crippen molar-refractivity contribution < 1.29 is 4.52 Å². The van der Waals surface area contributed by atoms with Crippen LogP contribution in [0.2, 0.25) is 0 Å². The second kappa shape index (κ2) is 6.55. The third kappa shape index (κ3) is 2.92. The summed E-state index contributed by atoms with van der Waals surface area (Å²) in [5.74, 6) is 3.68. The summed E-state index contributed by atoms with van der Waals surface area (Å²) in [6.07, 6.45) is 3.32. The Hall–Kier alpha value is -3.56. The average Bonchev–Trinajstić information content (AvgIpc) is 3.36. The minimum absolute atomic E-state index is 0.514. The molecule has 10 nitrogen and oxygen atoms in total. The minimum Gasteiger partial charge on any atom is -0.353 e. The number of rotatable bonds is 3. The fourth-order valence-corrected chi connectivity index (χ4v) is 3.44. The number of pyridine rings is 1. The van der Waals surface area contributed by atoms with E-state index in [2.05, 4.69) is 40.0 Å². The largest absolute Gasteiger partial charge is 0.353 e. The van der Waals surface area contributed by atoms with Crippen LogP contribution in [-0.2, 0) is 0 Å². The quantitative estimate of drug-likeness (QED) is 0.526. The van der Waals surface area contributed by atoms with Gasteiger partial charge in [-0.05, 0) is 26.0 Å². The zero-order valence-corrected chi connectivity index (χ0v) is 15.6. The minimum atomic E-state index is 0.514. The number of hydrogen-bond acceptors (Lipinski definition) is 9. The molecule has 0 aromatic carbocycles. The Morgan fingerprint density at radius 1 is 0.964 bits per heavy atom. The molecule has 5 heterocycles. The highest BCUT2D eigenvalue weighted by Gasteiger charge is 2.22. The summed E-state index contributed by atoms with van der Waals surface area (Å²) >= 11 is 0. The SMILES string of the molecule is Cc1cc(N2CCN(c3cc(-c4nc(C)no4)ccn3)CC2)n2ncnc2n1. The Morgan fingerprint density at radius 3 is 2.57 bits per heavy atom. The van der Waals surface area contributed by atoms with Gasteiger partial charge in [0.05, 0.1) is 0 Å². The monoisotopic (exact) mass is 377 g/mol. The lowest BCUT2D eigenvalue weighted by Crippen LogP contribution is -2.47. The van der Waals surface area contributed by atoms with Gasteiger partial charge in [0.15, 0.2) is 5.82 Å². The van der Waals surface area contributed by atoms with Gasteiger partial charge in [-0.1, -0.05) is 5.16 Å². The van der Waals surface area contributed by atoms with E-state index in [4.69, 9.17) is 4.52 Å². The molecule has 0 spiro atoms. The van der Waals surface area contributed by atoms with Crippen molar-refractivity contribution in [2.24, 2.45) is 0 Å². The van der Waals surface area contributed by atoms with Crippen LogP contribution in [0.1, 0.15) is 11.5 Å². The van der Waals surface area contributed by atoms with Gasteiger partial charge in [0.1, 0.15) is 18.0 Å². The molecule has 0 aliphatic carbocycles. The summed E-state index contributed by atoms with van der Waals surface area (Å²) in [5.41, 5.74) is 1.81. The molecule has 0 radical (unpaired) electrons. The molecule has 0 amide bonds. The Labute approximate surface area is 160 Å². The Kier molecular flexibility index (Phi) is 3.89. The number of hydrogen-bond donors (Lipinski definition) is 0. The smallest absolute Gasteiger partial charge is 0.258 e. The van der Waals surface area contributed by atoms with Crippen LogP contribution in [0.3, 0.4) is 0 Å². The van der Waals surface area contributed by atoms with Gasteiger partial charge >= 0.3 is 0 Å². The normalized spacial score (nSPS) is 14.8. The molecule has 1 aliphatic rings. The molecule has 5 rings (SSSR count). The van der Waals surface area contributed by atoms with Gasteiger partial charge in [-0.15, -0.1) is 0 Å². The average molecular weight is 377 g/mol. The van der Waals surface area contributed by atoms with E-state index in [9.17, 15) is 0 Å². The lowest BCUT2D eigenvalue weighted by atomic mass is 10.2. The van der Waals surface area contributed by atoms with Crippen LogP contribution >= 0.6 is 0 Å². The molecule has 28 heavy (non-hydrogen) atoms. The van der Waals surface area contributed by atoms with Gasteiger partial charge in [-0.2, -0.15) is 19.6 Å². The highest BCUT2D eigenvalue weighted by molar-refractivity contribution is 5.59. The van der Waals surface area contributed by atoms with Crippen LogP contribution < -0.4 is 9.80 Å². The fraction of sp³-hybridized carbons (Fsp3) is 0.333. The van der Waals surface area contributed by atoms with Crippen molar-refractivity contribution in [3.05, 3.63) is 42.2 Å². The van der Waals surface area contributed by atoms with Crippen molar-refractivity contribution >= 4 is 17.4 Å². The van der Waals surface area contributed by atoms with Crippen molar-refractivity contribution in [1.29, 1.82) is 0 Å². The maximum atomic E-state index is 5.27. The Balaban J connectivity index is 1.35. The number of aryl methyl sites for hydroxylation is 2. The molecule has 1 saturated heterocycles. The van der Waals surface area contributed by atoms with Crippen LogP contribution in [0.5, 0.6) is 0 Å². The number of piperazine rings is 1. The number of nitrogens with zero attached hydrogens (tertiary/aromatic N) is 9. The molecule has 1 aliphatic heterocycles. The standard InChI is InChI=1S/C18H19N9O/c1-12-9-16(27-18(22-12)20-11-21-27)26-7-5-25(6-8-26)15-10-14(3-4-19-15)17-23-13(2)24-28-17/h3-4,9-11H,5-8H2,1-2H3. The molecule has 0 atom stereocenters. The summed E-state index contributed by atoms with van der Waals surface area (Å²) in [5, 5.41) is 8.17. The van der Waals surface area contributed by atoms with E-state index in [1.54, 1.807) is 17.6 Å². The molecule has 0 saturated carbocycles. The lowest BCUT2D eigenvalue weighted by Gasteiger charge is -2.36. The van der Waals surface area contributed by atoms with Crippen molar-refractivity contribution in [2.75, 3.05) is 36.0 Å². The fourth-order valence-electron chi connectivity index (χ4n) is 3.44. The molecular weight excluding hydrogens is 358 g/mol. The zero-order valence-electron chi connectivity index (χ0n) is 15.6. The van der Waals surface area contributed by atoms with Crippen LogP contribution in [-0.4, -0.2) is 60.9 Å². The van der Waals surface area contributed by atoms with Crippen molar-refractivity contribution in [2.45, 2.75) is 13.8 Å². The van der Waals surface area contributed by atoms with Crippen LogP contribution in [0.4, 0.5) is 11.6 Å². The lowest BCUT2D eigenvalue weighted by molar-refractivity contribution is 0.425. The molecule has 4 aromatic heterocycles. The summed E-state index contributed by atoms with van der Waals surface area (Å²) in [4.78, 5) is 22.0. The summed E-state index contributed by atoms with van der Waals surface area (Å²) < 4.78 is 7.07. The first-order valence-electron chi connectivity index (χ1n) is 9.11. The molecule has 4 aromatic rings. The van der Waals surface area contributed by atoms with Crippen molar-refractivity contribution in [1.82, 2.24) is 34.7 Å². The second-order valence-electron chi connectivity index (χ2n) is 6.75. The van der Waals surface area contributed by atoms with Crippen LogP contribution in [0, 0.1) is 13.8 Å². The maximum absolute atomic E-state index is 5.27. The molecule has 0 unspecified atom stereocenters. The predicted molar refractivity (Wildman–Crippen MR) is 102 cm³/mol. The third-order valence-electron chi connectivity index (χ3n) is 4.81. The summed E-state index contributed by atoms with van der Waals surface area (Å²) in [6.45, 7) is 7.17. The van der Waals surface area contributed by atoms with Gasteiger partial charge in [0.25, 0.3) is 11.7 Å². The molecular formula is C18H19N9O. The van der Waals surface area contributed by atoms with Crippen molar-refractivity contribution in [3.8, 4) is 11.5 Å². The van der Waals surface area contributed by atoms with E-state index in [0.717, 1.165) is 49.1 Å². The van der Waals surface area contributed by atoms with E-state index in [1.807, 2.05) is 25.1 Å². The Bertz CT molecular complexity index is 1130. The topological polar surface area (TPSA) is 101 Å². The van der Waals surface area contributed by atoms with Gasteiger partial charge in [0, 0.05) is 49.7 Å². The van der Waals surface area contributed by atoms with Gasteiger partial charge in [-0.25, -0.2) is 9.97 Å². The number of anilines is 2. The van der Waals surface area contributed by atoms with E-state index >= 15 is 0 Å². The maximum Gasteiger partial charge on any atom is 0.258 e.